The zero-order chi connectivity index (χ0) is 18.4. The van der Waals surface area contributed by atoms with Crippen molar-refractivity contribution in [3.63, 3.8) is 0 Å². The molecule has 2 amide bonds. The van der Waals surface area contributed by atoms with Crippen LogP contribution in [0.2, 0.25) is 0 Å². The quantitative estimate of drug-likeness (QED) is 0.798. The Morgan fingerprint density at radius 3 is 2.48 bits per heavy atom. The third-order valence-corrected chi connectivity index (χ3v) is 4.18. The van der Waals surface area contributed by atoms with Crippen molar-refractivity contribution < 1.29 is 14.0 Å². The summed E-state index contributed by atoms with van der Waals surface area (Å²) in [5.74, 6) is 0.616. The summed E-state index contributed by atoms with van der Waals surface area (Å²) in [4.78, 5) is 27.8. The predicted molar refractivity (Wildman–Crippen MR) is 98.2 cm³/mol. The maximum atomic E-state index is 12.2. The first-order chi connectivity index (χ1) is 11.9. The first kappa shape index (κ1) is 19.0. The van der Waals surface area contributed by atoms with Gasteiger partial charge >= 0.3 is 0 Å². The van der Waals surface area contributed by atoms with E-state index in [0.29, 0.717) is 13.1 Å². The van der Waals surface area contributed by atoms with Gasteiger partial charge in [-0.3, -0.25) is 14.5 Å². The number of amides is 2. The Morgan fingerprint density at radius 1 is 1.16 bits per heavy atom. The molecule has 2 rings (SSSR count). The van der Waals surface area contributed by atoms with Gasteiger partial charge in [-0.05, 0) is 40.0 Å². The van der Waals surface area contributed by atoms with Gasteiger partial charge in [0.15, 0.2) is 0 Å². The molecular weight excluding hydrogens is 318 g/mol. The van der Waals surface area contributed by atoms with E-state index >= 15 is 0 Å². The fourth-order valence-electron chi connectivity index (χ4n) is 2.78. The van der Waals surface area contributed by atoms with Gasteiger partial charge in [0.25, 0.3) is 0 Å². The molecule has 2 aromatic rings. The minimum atomic E-state index is -0.230. The van der Waals surface area contributed by atoms with Crippen molar-refractivity contribution >= 4 is 22.8 Å². The molecule has 1 atom stereocenters. The molecule has 0 unspecified atom stereocenters. The second-order valence-electron chi connectivity index (χ2n) is 6.21. The summed E-state index contributed by atoms with van der Waals surface area (Å²) in [5.41, 5.74) is 0.806. The van der Waals surface area contributed by atoms with Crippen LogP contribution in [0, 0.1) is 0 Å². The highest BCUT2D eigenvalue weighted by Crippen LogP contribution is 2.23. The molecule has 0 spiro atoms. The Balaban J connectivity index is 1.87. The molecule has 0 bridgehead atoms. The van der Waals surface area contributed by atoms with Gasteiger partial charge < -0.3 is 14.6 Å². The number of benzene rings is 1. The number of nitrogens with zero attached hydrogens (tertiary/aromatic N) is 2. The van der Waals surface area contributed by atoms with Gasteiger partial charge in [-0.1, -0.05) is 18.2 Å². The molecule has 1 aromatic heterocycles. The third-order valence-electron chi connectivity index (χ3n) is 4.18. The number of hydrogen-bond donors (Lipinski definition) is 1. The average Bonchev–Trinajstić information content (AvgIpc) is 2.99. The summed E-state index contributed by atoms with van der Waals surface area (Å²) in [6.07, 6.45) is 0. The number of fused-ring (bicyclic) bond motifs is 1. The summed E-state index contributed by atoms with van der Waals surface area (Å²) in [6.45, 7) is 7.53. The van der Waals surface area contributed by atoms with Gasteiger partial charge in [0, 0.05) is 18.5 Å². The van der Waals surface area contributed by atoms with Crippen LogP contribution in [0.25, 0.3) is 11.0 Å². The molecule has 25 heavy (non-hydrogen) atoms. The van der Waals surface area contributed by atoms with E-state index in [2.05, 4.69) is 5.32 Å². The second kappa shape index (κ2) is 8.67. The number of nitrogens with one attached hydrogen (secondary N) is 1. The van der Waals surface area contributed by atoms with E-state index in [1.54, 1.807) is 16.8 Å². The summed E-state index contributed by atoms with van der Waals surface area (Å²) < 4.78 is 5.77. The lowest BCUT2D eigenvalue weighted by Crippen LogP contribution is -2.43. The monoisotopic (exact) mass is 345 g/mol. The molecule has 6 heteroatoms. The fourth-order valence-corrected chi connectivity index (χ4v) is 2.78. The molecule has 0 radical (unpaired) electrons. The average molecular weight is 345 g/mol. The van der Waals surface area contributed by atoms with E-state index in [-0.39, 0.29) is 30.9 Å². The van der Waals surface area contributed by atoms with Crippen molar-refractivity contribution in [2.45, 2.75) is 26.8 Å². The van der Waals surface area contributed by atoms with Crippen molar-refractivity contribution in [1.82, 2.24) is 15.1 Å². The number of carbonyl (C=O) groups is 2. The highest BCUT2D eigenvalue weighted by Gasteiger charge is 2.17. The Bertz CT molecular complexity index is 689. The molecule has 1 aromatic carbocycles. The van der Waals surface area contributed by atoms with Crippen LogP contribution in [-0.4, -0.2) is 54.8 Å². The maximum absolute atomic E-state index is 12.2. The molecule has 0 saturated heterocycles. The van der Waals surface area contributed by atoms with E-state index < -0.39 is 0 Å². The number of furan rings is 1. The Hall–Kier alpha value is -2.34. The molecule has 0 aliphatic rings. The van der Waals surface area contributed by atoms with Crippen LogP contribution in [0.4, 0.5) is 0 Å². The molecule has 6 nitrogen and oxygen atoms in total. The molecule has 0 saturated carbocycles. The zero-order valence-electron chi connectivity index (χ0n) is 15.4. The fraction of sp³-hybridized carbons (Fsp3) is 0.474. The summed E-state index contributed by atoms with van der Waals surface area (Å²) >= 11 is 0. The summed E-state index contributed by atoms with van der Waals surface area (Å²) in [7, 11) is 1.77. The number of likely N-dealkylation sites (N-methyl/N-ethyl adjacent to an activating group) is 2. The molecule has 1 N–H and O–H groups in total. The highest BCUT2D eigenvalue weighted by molar-refractivity contribution is 5.82. The first-order valence-corrected chi connectivity index (χ1v) is 8.68. The topological polar surface area (TPSA) is 65.8 Å². The van der Waals surface area contributed by atoms with E-state index in [1.807, 2.05) is 51.1 Å². The lowest BCUT2D eigenvalue weighted by atomic mass is 10.2. The standard InChI is InChI=1S/C19H27N3O3/c1-5-22(6-2)19(24)13-21(4)12-18(23)20-14(3)17-11-15-9-7-8-10-16(15)25-17/h7-11,14H,5-6,12-13H2,1-4H3,(H,20,23)/t14-/m1/s1. The van der Waals surface area contributed by atoms with Gasteiger partial charge in [0.2, 0.25) is 11.8 Å². The van der Waals surface area contributed by atoms with Crippen LogP contribution >= 0.6 is 0 Å². The highest BCUT2D eigenvalue weighted by atomic mass is 16.3. The van der Waals surface area contributed by atoms with Crippen molar-refractivity contribution in [1.29, 1.82) is 0 Å². The Labute approximate surface area is 148 Å². The van der Waals surface area contributed by atoms with Crippen molar-refractivity contribution in [3.8, 4) is 0 Å². The molecule has 136 valence electrons. The number of carbonyl (C=O) groups excluding carboxylic acids is 2. The largest absolute Gasteiger partial charge is 0.459 e. The van der Waals surface area contributed by atoms with E-state index in [0.717, 1.165) is 16.7 Å². The van der Waals surface area contributed by atoms with E-state index in [4.69, 9.17) is 4.42 Å². The number of hydrogen-bond acceptors (Lipinski definition) is 4. The van der Waals surface area contributed by atoms with E-state index in [1.165, 1.54) is 0 Å². The molecule has 0 aliphatic heterocycles. The van der Waals surface area contributed by atoms with Crippen molar-refractivity contribution in [2.75, 3.05) is 33.2 Å². The van der Waals surface area contributed by atoms with Crippen LogP contribution in [0.5, 0.6) is 0 Å². The minimum absolute atomic E-state index is 0.0330. The lowest BCUT2D eigenvalue weighted by Gasteiger charge is -2.23. The van der Waals surface area contributed by atoms with Crippen molar-refractivity contribution in [3.05, 3.63) is 36.1 Å². The van der Waals surface area contributed by atoms with Crippen LogP contribution in [0.15, 0.2) is 34.7 Å². The van der Waals surface area contributed by atoms with E-state index in [9.17, 15) is 9.59 Å². The normalized spacial score (nSPS) is 12.4. The SMILES string of the molecule is CCN(CC)C(=O)CN(C)CC(=O)N[C@H](C)c1cc2ccccc2o1. The van der Waals surface area contributed by atoms with Gasteiger partial charge in [-0.2, -0.15) is 0 Å². The van der Waals surface area contributed by atoms with Crippen LogP contribution in [0.1, 0.15) is 32.6 Å². The van der Waals surface area contributed by atoms with Gasteiger partial charge in [-0.25, -0.2) is 0 Å². The lowest BCUT2D eigenvalue weighted by molar-refractivity contribution is -0.132. The second-order valence-corrected chi connectivity index (χ2v) is 6.21. The number of rotatable bonds is 8. The molecule has 0 fully saturated rings. The van der Waals surface area contributed by atoms with Gasteiger partial charge in [0.05, 0.1) is 19.1 Å². The third kappa shape index (κ3) is 5.06. The van der Waals surface area contributed by atoms with Gasteiger partial charge in [-0.15, -0.1) is 0 Å². The van der Waals surface area contributed by atoms with Crippen LogP contribution < -0.4 is 5.32 Å². The van der Waals surface area contributed by atoms with Crippen LogP contribution in [-0.2, 0) is 9.59 Å². The number of para-hydroxylation sites is 1. The molecular formula is C19H27N3O3. The smallest absolute Gasteiger partial charge is 0.236 e. The Morgan fingerprint density at radius 2 is 1.84 bits per heavy atom. The molecule has 1 heterocycles. The molecule has 0 aliphatic carbocycles. The maximum Gasteiger partial charge on any atom is 0.236 e. The summed E-state index contributed by atoms with van der Waals surface area (Å²) in [5, 5.41) is 3.93. The van der Waals surface area contributed by atoms with Crippen LogP contribution in [0.3, 0.4) is 0 Å². The van der Waals surface area contributed by atoms with Crippen molar-refractivity contribution in [2.24, 2.45) is 0 Å². The predicted octanol–water partition coefficient (Wildman–Crippen LogP) is 2.41. The summed E-state index contributed by atoms with van der Waals surface area (Å²) in [6, 6.07) is 9.46. The van der Waals surface area contributed by atoms with Gasteiger partial charge in [0.1, 0.15) is 11.3 Å². The Kier molecular flexibility index (Phi) is 6.58. The minimum Gasteiger partial charge on any atom is -0.459 e. The first-order valence-electron chi connectivity index (χ1n) is 8.68. The zero-order valence-corrected chi connectivity index (χ0v) is 15.4.